The fraction of sp³-hybridized carbons (Fsp3) is 0.562. The minimum atomic E-state index is -0.642. The SMILES string of the molecule is CC1CCC(Cn2c(N3CCN(C(=O)C4CC4)[C@H]4CCC[C@@H]43)nc3cc(-c4noc(=O)[nH]4)nc(-c4cncc(Cl)c4)c32)CC1. The number of fused-ring (bicyclic) bond motifs is 2. The highest BCUT2D eigenvalue weighted by Crippen LogP contribution is 2.42. The summed E-state index contributed by atoms with van der Waals surface area (Å²) in [5, 5.41) is 4.43. The number of amides is 1. The second-order valence-electron chi connectivity index (χ2n) is 13.3. The molecular weight excluding hydrogens is 580 g/mol. The van der Waals surface area contributed by atoms with Crippen LogP contribution in [0.25, 0.3) is 33.8 Å². The van der Waals surface area contributed by atoms with E-state index < -0.39 is 5.76 Å². The van der Waals surface area contributed by atoms with E-state index in [1.807, 2.05) is 12.1 Å². The van der Waals surface area contributed by atoms with Crippen LogP contribution in [0, 0.1) is 17.8 Å². The smallest absolute Gasteiger partial charge is 0.336 e. The standard InChI is InChI=1S/C32H37ClN8O3/c1-18-5-7-19(8-6-18)17-41-28-23(14-24(29-37-32(43)44-38-29)35-27(28)21-13-22(33)16-34-15-21)36-31(41)40-12-11-39(30(42)20-9-10-20)25-3-2-4-26(25)40/h13-16,18-20,25-26H,2-12,17H2,1H3,(H,37,38,43)/t18?,19?,25-,26-/m0/s1. The number of hydrogen-bond donors (Lipinski definition) is 1. The lowest BCUT2D eigenvalue weighted by molar-refractivity contribution is -0.135. The molecule has 5 heterocycles. The number of hydrogen-bond acceptors (Lipinski definition) is 8. The summed E-state index contributed by atoms with van der Waals surface area (Å²) in [5.74, 6) is 2.38. The molecule has 4 aromatic heterocycles. The summed E-state index contributed by atoms with van der Waals surface area (Å²) in [6.07, 6.45) is 13.4. The Hall–Kier alpha value is -3.73. The third kappa shape index (κ3) is 4.98. The van der Waals surface area contributed by atoms with Crippen LogP contribution in [0.5, 0.6) is 0 Å². The van der Waals surface area contributed by atoms with Gasteiger partial charge in [0.15, 0.2) is 0 Å². The summed E-state index contributed by atoms with van der Waals surface area (Å²) >= 11 is 6.44. The van der Waals surface area contributed by atoms with Crippen LogP contribution in [0.2, 0.25) is 5.02 Å². The van der Waals surface area contributed by atoms with Gasteiger partial charge in [-0.1, -0.05) is 36.5 Å². The van der Waals surface area contributed by atoms with Crippen LogP contribution < -0.4 is 10.7 Å². The van der Waals surface area contributed by atoms with Gasteiger partial charge in [0.2, 0.25) is 17.7 Å². The molecule has 44 heavy (non-hydrogen) atoms. The Kier molecular flexibility index (Phi) is 6.96. The molecule has 1 amide bonds. The lowest BCUT2D eigenvalue weighted by Crippen LogP contribution is -2.60. The number of aromatic nitrogens is 6. The average Bonchev–Trinajstić information content (AvgIpc) is 3.41. The van der Waals surface area contributed by atoms with Crippen LogP contribution in [-0.2, 0) is 11.3 Å². The van der Waals surface area contributed by atoms with Gasteiger partial charge in [0, 0.05) is 43.5 Å². The highest BCUT2D eigenvalue weighted by Gasteiger charge is 2.46. The van der Waals surface area contributed by atoms with Gasteiger partial charge in [-0.15, -0.1) is 0 Å². The molecule has 230 valence electrons. The second-order valence-corrected chi connectivity index (χ2v) is 13.7. The highest BCUT2D eigenvalue weighted by molar-refractivity contribution is 6.30. The third-order valence-electron chi connectivity index (χ3n) is 10.2. The van der Waals surface area contributed by atoms with Crippen molar-refractivity contribution in [2.45, 2.75) is 83.3 Å². The molecule has 0 radical (unpaired) electrons. The average molecular weight is 617 g/mol. The number of pyridine rings is 2. The largest absolute Gasteiger partial charge is 0.439 e. The number of imidazole rings is 1. The first-order valence-corrected chi connectivity index (χ1v) is 16.5. The zero-order valence-corrected chi connectivity index (χ0v) is 25.7. The molecule has 0 bridgehead atoms. The Morgan fingerprint density at radius 1 is 1.02 bits per heavy atom. The minimum Gasteiger partial charge on any atom is -0.336 e. The summed E-state index contributed by atoms with van der Waals surface area (Å²) in [6.45, 7) is 4.64. The fourth-order valence-electron chi connectivity index (χ4n) is 7.79. The van der Waals surface area contributed by atoms with Gasteiger partial charge in [0.05, 0.1) is 33.8 Å². The first-order chi connectivity index (χ1) is 21.4. The quantitative estimate of drug-likeness (QED) is 0.309. The summed E-state index contributed by atoms with van der Waals surface area (Å²) < 4.78 is 7.20. The molecule has 4 fully saturated rings. The van der Waals surface area contributed by atoms with Crippen molar-refractivity contribution in [1.82, 2.24) is 34.6 Å². The second kappa shape index (κ2) is 11.0. The molecule has 1 aliphatic heterocycles. The number of piperazine rings is 1. The van der Waals surface area contributed by atoms with E-state index in [-0.39, 0.29) is 23.8 Å². The summed E-state index contributed by atoms with van der Waals surface area (Å²) in [4.78, 5) is 47.2. The number of anilines is 1. The highest BCUT2D eigenvalue weighted by atomic mass is 35.5. The number of nitrogens with one attached hydrogen (secondary N) is 1. The van der Waals surface area contributed by atoms with Crippen LogP contribution in [0.3, 0.4) is 0 Å². The lowest BCUT2D eigenvalue weighted by atomic mass is 9.83. The molecular formula is C32H37ClN8O3. The topological polar surface area (TPSA) is 126 Å². The number of H-pyrrole nitrogens is 1. The molecule has 3 aliphatic carbocycles. The van der Waals surface area contributed by atoms with Crippen molar-refractivity contribution >= 4 is 34.5 Å². The predicted octanol–water partition coefficient (Wildman–Crippen LogP) is 5.30. The van der Waals surface area contributed by atoms with Gasteiger partial charge in [-0.05, 0) is 68.9 Å². The lowest BCUT2D eigenvalue weighted by Gasteiger charge is -2.45. The van der Waals surface area contributed by atoms with Crippen molar-refractivity contribution in [2.75, 3.05) is 18.0 Å². The Morgan fingerprint density at radius 2 is 1.84 bits per heavy atom. The number of nitrogens with zero attached hydrogens (tertiary/aromatic N) is 7. The van der Waals surface area contributed by atoms with E-state index in [0.29, 0.717) is 28.2 Å². The molecule has 11 nitrogen and oxygen atoms in total. The Bertz CT molecular complexity index is 1770. The Balaban J connectivity index is 1.29. The molecule has 0 spiro atoms. The third-order valence-corrected chi connectivity index (χ3v) is 10.4. The van der Waals surface area contributed by atoms with Gasteiger partial charge < -0.3 is 14.4 Å². The van der Waals surface area contributed by atoms with Crippen molar-refractivity contribution < 1.29 is 9.32 Å². The van der Waals surface area contributed by atoms with Gasteiger partial charge in [-0.25, -0.2) is 14.8 Å². The van der Waals surface area contributed by atoms with Gasteiger partial charge >= 0.3 is 5.76 Å². The summed E-state index contributed by atoms with van der Waals surface area (Å²) in [5.41, 5.74) is 3.59. The monoisotopic (exact) mass is 616 g/mol. The van der Waals surface area contributed by atoms with E-state index >= 15 is 0 Å². The van der Waals surface area contributed by atoms with Crippen molar-refractivity contribution in [3.8, 4) is 22.8 Å². The maximum Gasteiger partial charge on any atom is 0.439 e. The molecule has 1 saturated heterocycles. The molecule has 2 atom stereocenters. The zero-order chi connectivity index (χ0) is 29.9. The number of rotatable bonds is 6. The molecule has 3 saturated carbocycles. The van der Waals surface area contributed by atoms with E-state index in [0.717, 1.165) is 80.2 Å². The number of halogens is 1. The molecule has 4 aromatic rings. The van der Waals surface area contributed by atoms with Gasteiger partial charge in [0.25, 0.3) is 0 Å². The summed E-state index contributed by atoms with van der Waals surface area (Å²) in [7, 11) is 0. The fourth-order valence-corrected chi connectivity index (χ4v) is 7.97. The maximum atomic E-state index is 13.3. The van der Waals surface area contributed by atoms with Crippen LogP contribution in [0.15, 0.2) is 33.8 Å². The van der Waals surface area contributed by atoms with Crippen molar-refractivity contribution in [3.05, 3.63) is 40.1 Å². The first kappa shape index (κ1) is 27.8. The van der Waals surface area contributed by atoms with E-state index in [1.165, 1.54) is 25.7 Å². The van der Waals surface area contributed by atoms with Gasteiger partial charge in [0.1, 0.15) is 5.69 Å². The zero-order valence-electron chi connectivity index (χ0n) is 24.9. The predicted molar refractivity (Wildman–Crippen MR) is 166 cm³/mol. The van der Waals surface area contributed by atoms with Crippen LogP contribution in [-0.4, -0.2) is 65.6 Å². The Morgan fingerprint density at radius 3 is 2.59 bits per heavy atom. The summed E-state index contributed by atoms with van der Waals surface area (Å²) in [6, 6.07) is 4.18. The molecule has 8 rings (SSSR count). The van der Waals surface area contributed by atoms with E-state index in [2.05, 4.69) is 36.4 Å². The first-order valence-electron chi connectivity index (χ1n) is 16.1. The number of carbonyl (C=O) groups is 1. The van der Waals surface area contributed by atoms with Crippen molar-refractivity contribution in [1.29, 1.82) is 0 Å². The van der Waals surface area contributed by atoms with Crippen LogP contribution in [0.4, 0.5) is 5.95 Å². The van der Waals surface area contributed by atoms with Crippen LogP contribution in [0.1, 0.15) is 64.7 Å². The minimum absolute atomic E-state index is 0.214. The van der Waals surface area contributed by atoms with Crippen LogP contribution >= 0.6 is 11.6 Å². The van der Waals surface area contributed by atoms with Crippen molar-refractivity contribution in [2.24, 2.45) is 17.8 Å². The van der Waals surface area contributed by atoms with E-state index in [4.69, 9.17) is 26.1 Å². The van der Waals surface area contributed by atoms with E-state index in [1.54, 1.807) is 12.4 Å². The van der Waals surface area contributed by atoms with Crippen molar-refractivity contribution in [3.63, 3.8) is 0 Å². The maximum absolute atomic E-state index is 13.3. The molecule has 12 heteroatoms. The van der Waals surface area contributed by atoms with Gasteiger partial charge in [-0.2, -0.15) is 0 Å². The number of aromatic amines is 1. The van der Waals surface area contributed by atoms with Gasteiger partial charge in [-0.3, -0.25) is 19.3 Å². The molecule has 0 unspecified atom stereocenters. The Labute approximate surface area is 260 Å². The van der Waals surface area contributed by atoms with E-state index in [9.17, 15) is 9.59 Å². The molecule has 0 aromatic carbocycles. The normalized spacial score (nSPS) is 25.5. The molecule has 1 N–H and O–H groups in total. The molecule has 4 aliphatic rings. The number of carbonyl (C=O) groups excluding carboxylic acids is 1.